The highest BCUT2D eigenvalue weighted by atomic mass is 35.5. The number of hydrogen-bond acceptors (Lipinski definition) is 2. The first-order valence-electron chi connectivity index (χ1n) is 7.92. The van der Waals surface area contributed by atoms with E-state index in [1.54, 1.807) is 0 Å². The van der Waals surface area contributed by atoms with Crippen LogP contribution in [0.15, 0.2) is 24.3 Å². The Morgan fingerprint density at radius 2 is 2.00 bits per heavy atom. The Kier molecular flexibility index (Phi) is 4.23. The van der Waals surface area contributed by atoms with Crippen molar-refractivity contribution in [3.8, 4) is 0 Å². The van der Waals surface area contributed by atoms with Gasteiger partial charge < -0.3 is 4.90 Å². The molecule has 3 unspecified atom stereocenters. The minimum absolute atomic E-state index is 0.00522. The first kappa shape index (κ1) is 14.9. The Morgan fingerprint density at radius 3 is 2.57 bits per heavy atom. The number of nitrogens with one attached hydrogen (secondary N) is 1. The van der Waals surface area contributed by atoms with Crippen molar-refractivity contribution in [3.05, 3.63) is 34.9 Å². The van der Waals surface area contributed by atoms with Gasteiger partial charge in [0.05, 0.1) is 6.04 Å². The zero-order valence-electron chi connectivity index (χ0n) is 12.7. The van der Waals surface area contributed by atoms with Gasteiger partial charge in [-0.05, 0) is 42.4 Å². The minimum atomic E-state index is -0.0607. The van der Waals surface area contributed by atoms with Crippen molar-refractivity contribution in [2.24, 2.45) is 11.8 Å². The molecule has 1 saturated carbocycles. The Hall–Kier alpha value is -1.06. The molecule has 2 fully saturated rings. The Bertz CT molecular complexity index is 512. The van der Waals surface area contributed by atoms with E-state index >= 15 is 0 Å². The highest BCUT2D eigenvalue weighted by molar-refractivity contribution is 6.30. The highest BCUT2D eigenvalue weighted by Gasteiger charge is 2.43. The lowest BCUT2D eigenvalue weighted by Gasteiger charge is -2.24. The summed E-state index contributed by atoms with van der Waals surface area (Å²) in [5.74, 6) is 1.31. The molecule has 1 aromatic rings. The van der Waals surface area contributed by atoms with Crippen LogP contribution in [-0.2, 0) is 4.79 Å². The molecule has 1 N–H and O–H groups in total. The van der Waals surface area contributed by atoms with E-state index in [2.05, 4.69) is 19.2 Å². The summed E-state index contributed by atoms with van der Waals surface area (Å²) in [6.07, 6.45) is 3.51. The van der Waals surface area contributed by atoms with Crippen molar-refractivity contribution in [2.45, 2.75) is 45.3 Å². The molecule has 4 heteroatoms. The highest BCUT2D eigenvalue weighted by Crippen LogP contribution is 2.36. The molecule has 114 valence electrons. The number of halogens is 1. The lowest BCUT2D eigenvalue weighted by atomic mass is 9.99. The monoisotopic (exact) mass is 306 g/mol. The smallest absolute Gasteiger partial charge is 0.241 e. The largest absolute Gasteiger partial charge is 0.321 e. The molecular weight excluding hydrogens is 284 g/mol. The van der Waals surface area contributed by atoms with E-state index in [0.29, 0.717) is 11.8 Å². The summed E-state index contributed by atoms with van der Waals surface area (Å²) in [4.78, 5) is 14.8. The fraction of sp³-hybridized carbons (Fsp3) is 0.588. The van der Waals surface area contributed by atoms with E-state index in [9.17, 15) is 4.79 Å². The number of nitrogens with zero attached hydrogens (tertiary/aromatic N) is 1. The summed E-state index contributed by atoms with van der Waals surface area (Å²) in [6, 6.07) is 7.77. The van der Waals surface area contributed by atoms with Gasteiger partial charge in [0.2, 0.25) is 5.91 Å². The minimum Gasteiger partial charge on any atom is -0.321 e. The normalized spacial score (nSPS) is 27.2. The lowest BCUT2D eigenvalue weighted by Crippen LogP contribution is -2.36. The predicted molar refractivity (Wildman–Crippen MR) is 85.0 cm³/mol. The average molecular weight is 307 g/mol. The van der Waals surface area contributed by atoms with Crippen LogP contribution in [0, 0.1) is 11.8 Å². The van der Waals surface area contributed by atoms with Crippen LogP contribution in [-0.4, -0.2) is 23.4 Å². The Labute approximate surface area is 131 Å². The van der Waals surface area contributed by atoms with Crippen LogP contribution in [0.3, 0.4) is 0 Å². The molecule has 1 heterocycles. The fourth-order valence-electron chi connectivity index (χ4n) is 2.98. The molecule has 3 rings (SSSR count). The SMILES string of the molecule is CCC(C)C1NC(c2ccc(Cl)cc2)N(CC2CC2)C1=O. The van der Waals surface area contributed by atoms with Crippen molar-refractivity contribution in [3.63, 3.8) is 0 Å². The number of carbonyl (C=O) groups excluding carboxylic acids is 1. The molecule has 2 aliphatic rings. The van der Waals surface area contributed by atoms with Gasteiger partial charge in [-0.15, -0.1) is 0 Å². The third kappa shape index (κ3) is 3.09. The number of benzene rings is 1. The molecule has 1 aromatic carbocycles. The van der Waals surface area contributed by atoms with Crippen LogP contribution >= 0.6 is 11.6 Å². The third-order valence-electron chi connectivity index (χ3n) is 4.75. The zero-order valence-corrected chi connectivity index (χ0v) is 13.4. The van der Waals surface area contributed by atoms with Gasteiger partial charge in [0.1, 0.15) is 6.17 Å². The number of rotatable bonds is 5. The maximum absolute atomic E-state index is 12.8. The second-order valence-corrected chi connectivity index (χ2v) is 6.85. The fourth-order valence-corrected chi connectivity index (χ4v) is 3.10. The molecule has 1 amide bonds. The molecule has 1 aliphatic carbocycles. The molecule has 0 aromatic heterocycles. The standard InChI is InChI=1S/C17H23ClN2O/c1-3-11(2)15-17(21)20(10-12-4-5-12)16(19-15)13-6-8-14(18)9-7-13/h6-9,11-12,15-16,19H,3-5,10H2,1-2H3. The number of amides is 1. The molecule has 1 saturated heterocycles. The van der Waals surface area contributed by atoms with E-state index < -0.39 is 0 Å². The van der Waals surface area contributed by atoms with E-state index in [0.717, 1.165) is 23.6 Å². The quantitative estimate of drug-likeness (QED) is 0.901. The van der Waals surface area contributed by atoms with Gasteiger partial charge in [-0.1, -0.05) is 44.0 Å². The second kappa shape index (κ2) is 5.98. The van der Waals surface area contributed by atoms with Crippen molar-refractivity contribution in [1.82, 2.24) is 10.2 Å². The second-order valence-electron chi connectivity index (χ2n) is 6.42. The molecule has 21 heavy (non-hydrogen) atoms. The number of carbonyl (C=O) groups is 1. The van der Waals surface area contributed by atoms with Crippen LogP contribution in [0.4, 0.5) is 0 Å². The summed E-state index contributed by atoms with van der Waals surface area (Å²) >= 11 is 5.98. The molecule has 3 atom stereocenters. The molecule has 0 spiro atoms. The van der Waals surface area contributed by atoms with Crippen molar-refractivity contribution in [1.29, 1.82) is 0 Å². The molecule has 0 radical (unpaired) electrons. The van der Waals surface area contributed by atoms with Crippen LogP contribution < -0.4 is 5.32 Å². The van der Waals surface area contributed by atoms with Gasteiger partial charge in [0, 0.05) is 11.6 Å². The molecule has 3 nitrogen and oxygen atoms in total. The summed E-state index contributed by atoms with van der Waals surface area (Å²) in [6.45, 7) is 5.17. The van der Waals surface area contributed by atoms with Crippen LogP contribution in [0.1, 0.15) is 44.8 Å². The van der Waals surface area contributed by atoms with Gasteiger partial charge in [-0.2, -0.15) is 0 Å². The van der Waals surface area contributed by atoms with Crippen molar-refractivity contribution in [2.75, 3.05) is 6.54 Å². The predicted octanol–water partition coefficient (Wildman–Crippen LogP) is 3.60. The summed E-state index contributed by atoms with van der Waals surface area (Å²) in [7, 11) is 0. The molecular formula is C17H23ClN2O. The summed E-state index contributed by atoms with van der Waals surface area (Å²) in [5, 5.41) is 4.28. The summed E-state index contributed by atoms with van der Waals surface area (Å²) < 4.78 is 0. The first-order valence-corrected chi connectivity index (χ1v) is 8.30. The molecule has 1 aliphatic heterocycles. The lowest BCUT2D eigenvalue weighted by molar-refractivity contribution is -0.131. The van der Waals surface area contributed by atoms with E-state index in [4.69, 9.17) is 11.6 Å². The van der Waals surface area contributed by atoms with Gasteiger partial charge in [-0.25, -0.2) is 0 Å². The zero-order chi connectivity index (χ0) is 15.0. The third-order valence-corrected chi connectivity index (χ3v) is 5.00. The van der Waals surface area contributed by atoms with Gasteiger partial charge in [-0.3, -0.25) is 10.1 Å². The van der Waals surface area contributed by atoms with Gasteiger partial charge in [0.15, 0.2) is 0 Å². The van der Waals surface area contributed by atoms with Crippen LogP contribution in [0.2, 0.25) is 5.02 Å². The number of hydrogen-bond donors (Lipinski definition) is 1. The van der Waals surface area contributed by atoms with E-state index in [1.165, 1.54) is 12.8 Å². The maximum Gasteiger partial charge on any atom is 0.241 e. The van der Waals surface area contributed by atoms with Crippen LogP contribution in [0.25, 0.3) is 0 Å². The van der Waals surface area contributed by atoms with Gasteiger partial charge in [0.25, 0.3) is 0 Å². The first-order chi connectivity index (χ1) is 10.1. The summed E-state index contributed by atoms with van der Waals surface area (Å²) in [5.41, 5.74) is 1.12. The molecule has 0 bridgehead atoms. The Balaban J connectivity index is 1.84. The van der Waals surface area contributed by atoms with Crippen molar-refractivity contribution < 1.29 is 4.79 Å². The average Bonchev–Trinajstić information content (AvgIpc) is 3.25. The Morgan fingerprint density at radius 1 is 1.33 bits per heavy atom. The maximum atomic E-state index is 12.8. The topological polar surface area (TPSA) is 32.3 Å². The van der Waals surface area contributed by atoms with Gasteiger partial charge >= 0.3 is 0 Å². The van der Waals surface area contributed by atoms with Crippen molar-refractivity contribution >= 4 is 17.5 Å². The van der Waals surface area contributed by atoms with E-state index in [-0.39, 0.29) is 18.1 Å². The van der Waals surface area contributed by atoms with E-state index in [1.807, 2.05) is 29.2 Å². The van der Waals surface area contributed by atoms with Crippen LogP contribution in [0.5, 0.6) is 0 Å².